The van der Waals surface area contributed by atoms with Crippen LogP contribution in [0.1, 0.15) is 20.8 Å². The van der Waals surface area contributed by atoms with E-state index in [1.807, 2.05) is 0 Å². The van der Waals surface area contributed by atoms with E-state index in [0.717, 1.165) is 20.8 Å². The van der Waals surface area contributed by atoms with Gasteiger partial charge >= 0.3 is 6.09 Å². The highest BCUT2D eigenvalue weighted by Crippen LogP contribution is 2.08. The van der Waals surface area contributed by atoms with E-state index in [1.54, 1.807) is 9.44 Å². The molecule has 0 aliphatic carbocycles. The molecule has 14 nitrogen and oxygen atoms in total. The van der Waals surface area contributed by atoms with Crippen LogP contribution in [0.2, 0.25) is 0 Å². The number of sulfonamides is 4. The van der Waals surface area contributed by atoms with Crippen LogP contribution < -0.4 is 14.3 Å². The van der Waals surface area contributed by atoms with Crippen molar-refractivity contribution in [2.24, 2.45) is 0 Å². The molecule has 0 atom stereocenters. The van der Waals surface area contributed by atoms with Crippen LogP contribution >= 0.6 is 0 Å². The van der Waals surface area contributed by atoms with Gasteiger partial charge < -0.3 is 5.11 Å². The molecule has 0 aromatic heterocycles. The van der Waals surface area contributed by atoms with E-state index >= 15 is 0 Å². The summed E-state index contributed by atoms with van der Waals surface area (Å²) in [6.07, 6.45) is -1.70. The van der Waals surface area contributed by atoms with Crippen molar-refractivity contribution >= 4 is 46.2 Å². The maximum Gasteiger partial charge on any atom is 0.437 e. The maximum atomic E-state index is 12.2. The van der Waals surface area contributed by atoms with Gasteiger partial charge in [-0.15, -0.1) is 9.25 Å². The highest BCUT2D eigenvalue weighted by molar-refractivity contribution is 7.94. The molecule has 0 rings (SSSR count). The van der Waals surface area contributed by atoms with Gasteiger partial charge in [0.25, 0.3) is 10.0 Å². The number of nitrogens with one attached hydrogen (secondary N) is 3. The van der Waals surface area contributed by atoms with Gasteiger partial charge in [-0.25, -0.2) is 30.0 Å². The van der Waals surface area contributed by atoms with E-state index in [4.69, 9.17) is 5.11 Å². The molecule has 160 valence electrons. The molecule has 0 aromatic rings. The van der Waals surface area contributed by atoms with Crippen LogP contribution in [0.15, 0.2) is 11.2 Å². The highest BCUT2D eigenvalue weighted by Gasteiger charge is 2.33. The van der Waals surface area contributed by atoms with Gasteiger partial charge in [0.2, 0.25) is 30.1 Å². The number of rotatable bonds is 10. The second-order valence-corrected chi connectivity index (χ2v) is 12.8. The normalized spacial score (nSPS) is 14.0. The summed E-state index contributed by atoms with van der Waals surface area (Å²) in [5.74, 6) is -1.70. The summed E-state index contributed by atoms with van der Waals surface area (Å²) in [7, 11) is -18.0. The van der Waals surface area contributed by atoms with Crippen molar-refractivity contribution in [1.29, 1.82) is 0 Å². The highest BCUT2D eigenvalue weighted by atomic mass is 32.2. The van der Waals surface area contributed by atoms with Crippen molar-refractivity contribution in [3.63, 3.8) is 0 Å². The van der Waals surface area contributed by atoms with Gasteiger partial charge in [0, 0.05) is 0 Å². The first-order chi connectivity index (χ1) is 11.8. The van der Waals surface area contributed by atoms with Crippen LogP contribution in [-0.4, -0.2) is 66.5 Å². The second-order valence-electron chi connectivity index (χ2n) is 5.19. The Morgan fingerprint density at radius 3 is 1.85 bits per heavy atom. The van der Waals surface area contributed by atoms with Gasteiger partial charge in [-0.3, -0.25) is 9.44 Å². The van der Waals surface area contributed by atoms with Crippen molar-refractivity contribution in [2.45, 2.75) is 26.0 Å². The van der Waals surface area contributed by atoms with Crippen LogP contribution in [0, 0.1) is 0 Å². The minimum Gasteiger partial charge on any atom is -0.463 e. The average Bonchev–Trinajstić information content (AvgIpc) is 2.41. The molecule has 0 radical (unpaired) electrons. The Kier molecular flexibility index (Phi) is 8.07. The van der Waals surface area contributed by atoms with Gasteiger partial charge in [0.1, 0.15) is 5.82 Å². The van der Waals surface area contributed by atoms with E-state index in [2.05, 4.69) is 0 Å². The fourth-order valence-corrected chi connectivity index (χ4v) is 4.43. The monoisotopic (exact) mass is 472 g/mol. The van der Waals surface area contributed by atoms with E-state index in [0.29, 0.717) is 6.26 Å². The Bertz CT molecular complexity index is 1010. The molecule has 0 aliphatic rings. The van der Waals surface area contributed by atoms with Crippen LogP contribution in [0.3, 0.4) is 0 Å². The number of hydrazine groups is 1. The molecule has 0 heterocycles. The quantitative estimate of drug-likeness (QED) is 0.252. The lowest BCUT2D eigenvalue weighted by Gasteiger charge is -2.20. The predicted octanol–water partition coefficient (Wildman–Crippen LogP) is -2.17. The second kappa shape index (κ2) is 8.59. The van der Waals surface area contributed by atoms with Crippen molar-refractivity contribution < 1.29 is 43.6 Å². The summed E-state index contributed by atoms with van der Waals surface area (Å²) < 4.78 is 96.2. The number of carbonyl (C=O) groups is 1. The summed E-state index contributed by atoms with van der Waals surface area (Å²) in [4.78, 5) is 12.5. The summed E-state index contributed by atoms with van der Waals surface area (Å²) in [5, 5.41) is 7.68. The Labute approximate surface area is 157 Å². The molecule has 1 amide bonds. The van der Waals surface area contributed by atoms with Gasteiger partial charge in [-0.05, 0) is 20.8 Å². The summed E-state index contributed by atoms with van der Waals surface area (Å²) in [6.45, 7) is 3.43. The average molecular weight is 473 g/mol. The zero-order valence-electron chi connectivity index (χ0n) is 14.6. The molecule has 0 spiro atoms. The largest absolute Gasteiger partial charge is 0.463 e. The summed E-state index contributed by atoms with van der Waals surface area (Å²) in [5.41, 5.74) is 0. The van der Waals surface area contributed by atoms with Gasteiger partial charge in [-0.1, -0.05) is 0 Å². The van der Waals surface area contributed by atoms with Crippen molar-refractivity contribution in [3.05, 3.63) is 11.2 Å². The Balaban J connectivity index is 6.28. The molecular weight excluding hydrogens is 452 g/mol. The van der Waals surface area contributed by atoms with Crippen LogP contribution in [0.5, 0.6) is 0 Å². The van der Waals surface area contributed by atoms with E-state index in [1.165, 1.54) is 4.83 Å². The minimum atomic E-state index is -5.21. The fourth-order valence-electron chi connectivity index (χ4n) is 1.13. The number of hydrogen-bond acceptors (Lipinski definition) is 9. The van der Waals surface area contributed by atoms with E-state index in [-0.39, 0.29) is 5.41 Å². The number of hydrogen-bond donors (Lipinski definition) is 4. The van der Waals surface area contributed by atoms with Gasteiger partial charge in [0.15, 0.2) is 0 Å². The van der Waals surface area contributed by atoms with Crippen LogP contribution in [0.4, 0.5) is 4.79 Å². The van der Waals surface area contributed by atoms with E-state index < -0.39 is 67.4 Å². The lowest BCUT2D eigenvalue weighted by atomic mass is 10.6. The van der Waals surface area contributed by atoms with Crippen molar-refractivity contribution in [1.82, 2.24) is 18.7 Å². The summed E-state index contributed by atoms with van der Waals surface area (Å²) >= 11 is 0. The SMILES string of the molecule is CCS(=O)(=O)NC(=CS(=O)(=O)N(NS(=O)(=O)C(C)C)C(=O)O)NS(C)(=O)=O. The minimum absolute atomic E-state index is 0.0990. The van der Waals surface area contributed by atoms with Gasteiger partial charge in [-0.2, -0.15) is 8.42 Å². The molecule has 0 saturated heterocycles. The van der Waals surface area contributed by atoms with E-state index in [9.17, 15) is 38.5 Å². The van der Waals surface area contributed by atoms with Crippen LogP contribution in [-0.2, 0) is 40.1 Å². The molecule has 0 fully saturated rings. The number of nitrogens with zero attached hydrogens (tertiary/aromatic N) is 1. The van der Waals surface area contributed by atoms with Crippen molar-refractivity contribution in [3.8, 4) is 0 Å². The third-order valence-corrected chi connectivity index (χ3v) is 7.43. The molecule has 0 aromatic carbocycles. The summed E-state index contributed by atoms with van der Waals surface area (Å²) in [6, 6.07) is 0. The smallest absolute Gasteiger partial charge is 0.437 e. The third kappa shape index (κ3) is 8.73. The zero-order chi connectivity index (χ0) is 21.8. The molecule has 0 aliphatic heterocycles. The standard InChI is InChI=1S/C9H20N4O10S4/c1-5-25(18,19)11-8(10-24(4,16)17)6-26(20,21)13(9(14)15)12-27(22,23)7(2)3/h6-7,10-12H,5H2,1-4H3,(H,14,15). The molecule has 27 heavy (non-hydrogen) atoms. The topological polar surface area (TPSA) is 213 Å². The lowest BCUT2D eigenvalue weighted by molar-refractivity contribution is 0.167. The first-order valence-electron chi connectivity index (χ1n) is 6.82. The fraction of sp³-hybridized carbons (Fsp3) is 0.667. The predicted molar refractivity (Wildman–Crippen MR) is 94.6 cm³/mol. The Morgan fingerprint density at radius 1 is 1.04 bits per heavy atom. The van der Waals surface area contributed by atoms with Gasteiger partial charge in [0.05, 0.1) is 22.7 Å². The molecule has 0 unspecified atom stereocenters. The third-order valence-electron chi connectivity index (χ3n) is 2.47. The lowest BCUT2D eigenvalue weighted by Crippen LogP contribution is -2.50. The first kappa shape index (κ1) is 25.4. The Hall–Kier alpha value is -1.63. The zero-order valence-corrected chi connectivity index (χ0v) is 17.8. The molecule has 0 saturated carbocycles. The first-order valence-corrected chi connectivity index (χ1v) is 13.4. The molecule has 0 bridgehead atoms. The molecule has 4 N–H and O–H groups in total. The van der Waals surface area contributed by atoms with Crippen LogP contribution in [0.25, 0.3) is 0 Å². The number of amides is 1. The molecule has 18 heteroatoms. The number of carboxylic acid groups (broad SMARTS) is 1. The van der Waals surface area contributed by atoms with Crippen molar-refractivity contribution in [2.75, 3.05) is 12.0 Å². The maximum absolute atomic E-state index is 12.2. The Morgan fingerprint density at radius 2 is 1.52 bits per heavy atom. The molecular formula is C9H20N4O10S4.